The Hall–Kier alpha value is -2.80. The topological polar surface area (TPSA) is 0 Å². The first-order valence-corrected chi connectivity index (χ1v) is 10.3. The molecule has 3 aromatic rings. The van der Waals surface area contributed by atoms with Gasteiger partial charge in [-0.05, 0) is 79.3 Å². The number of hydrogen-bond acceptors (Lipinski definition) is 0. The summed E-state index contributed by atoms with van der Waals surface area (Å²) in [5.41, 5.74) is 1.62. The normalized spacial score (nSPS) is 18.8. The van der Waals surface area contributed by atoms with Crippen LogP contribution in [0.1, 0.15) is 55.2 Å². The van der Waals surface area contributed by atoms with E-state index in [2.05, 4.69) is 11.8 Å². The van der Waals surface area contributed by atoms with Crippen molar-refractivity contribution in [1.82, 2.24) is 0 Å². The number of benzene rings is 3. The van der Waals surface area contributed by atoms with E-state index in [4.69, 9.17) is 0 Å². The van der Waals surface area contributed by atoms with Crippen molar-refractivity contribution in [3.05, 3.63) is 82.4 Å². The zero-order valence-corrected chi connectivity index (χ0v) is 16.7. The second-order valence-electron chi connectivity index (χ2n) is 7.94. The van der Waals surface area contributed by atoms with E-state index in [1.54, 1.807) is 18.2 Å². The molecule has 0 bridgehead atoms. The van der Waals surface area contributed by atoms with Crippen LogP contribution < -0.4 is 0 Å². The summed E-state index contributed by atoms with van der Waals surface area (Å²) in [6.45, 7) is 1.88. The molecule has 0 atom stereocenters. The molecule has 0 radical (unpaired) electrons. The lowest BCUT2D eigenvalue weighted by Gasteiger charge is -2.26. The summed E-state index contributed by atoms with van der Waals surface area (Å²) >= 11 is 0. The maximum atomic E-state index is 14.4. The fraction of sp³-hybridized carbons (Fsp3) is 0.308. The van der Waals surface area contributed by atoms with Crippen LogP contribution >= 0.6 is 0 Å². The lowest BCUT2D eigenvalue weighted by Crippen LogP contribution is -2.15. The maximum absolute atomic E-state index is 14.4. The van der Waals surface area contributed by atoms with Crippen molar-refractivity contribution < 1.29 is 17.6 Å². The van der Waals surface area contributed by atoms with Gasteiger partial charge in [-0.25, -0.2) is 17.6 Å². The second-order valence-corrected chi connectivity index (χ2v) is 7.94. The monoisotopic (exact) mass is 410 g/mol. The molecule has 3 aromatic carbocycles. The van der Waals surface area contributed by atoms with Gasteiger partial charge in [0.1, 0.15) is 11.6 Å². The molecular weight excluding hydrogens is 388 g/mol. The van der Waals surface area contributed by atoms with Crippen LogP contribution in [0.5, 0.6) is 0 Å². The lowest BCUT2D eigenvalue weighted by molar-refractivity contribution is 0.366. The summed E-state index contributed by atoms with van der Waals surface area (Å²) in [5, 5.41) is 0.838. The Morgan fingerprint density at radius 2 is 1.53 bits per heavy atom. The summed E-state index contributed by atoms with van der Waals surface area (Å²) < 4.78 is 56.0. The lowest BCUT2D eigenvalue weighted by atomic mass is 9.78. The highest BCUT2D eigenvalue weighted by atomic mass is 19.2. The summed E-state index contributed by atoms with van der Waals surface area (Å²) in [5.74, 6) is 3.80. The fourth-order valence-electron chi connectivity index (χ4n) is 4.29. The molecule has 1 fully saturated rings. The highest BCUT2D eigenvalue weighted by Crippen LogP contribution is 2.38. The van der Waals surface area contributed by atoms with Gasteiger partial charge in [-0.2, -0.15) is 0 Å². The van der Waals surface area contributed by atoms with Gasteiger partial charge in [0, 0.05) is 22.4 Å². The summed E-state index contributed by atoms with van der Waals surface area (Å²) in [6.07, 6.45) is 3.55. The predicted octanol–water partition coefficient (Wildman–Crippen LogP) is 7.28. The highest BCUT2D eigenvalue weighted by Gasteiger charge is 2.26. The average Bonchev–Trinajstić information content (AvgIpc) is 2.75. The number of hydrogen-bond donors (Lipinski definition) is 0. The van der Waals surface area contributed by atoms with Crippen LogP contribution in [0.2, 0.25) is 0 Å². The first-order valence-electron chi connectivity index (χ1n) is 10.3. The van der Waals surface area contributed by atoms with Crippen molar-refractivity contribution in [2.24, 2.45) is 5.92 Å². The van der Waals surface area contributed by atoms with Gasteiger partial charge < -0.3 is 0 Å². The van der Waals surface area contributed by atoms with Gasteiger partial charge >= 0.3 is 0 Å². The zero-order valence-electron chi connectivity index (χ0n) is 16.7. The standard InChI is InChI=1S/C26H22F4/c1-2-16-14-23(28)25(24(29)15-16)19-8-5-17(6-9-19)3-4-18-7-11-21-20(13-18)10-12-22(27)26(21)30/h7,10-15,17,19H,2,5-6,8-9H2,1H3. The molecule has 0 spiro atoms. The Kier molecular flexibility index (Phi) is 5.81. The molecule has 1 saturated carbocycles. The molecule has 0 unspecified atom stereocenters. The Morgan fingerprint density at radius 3 is 2.20 bits per heavy atom. The van der Waals surface area contributed by atoms with Crippen molar-refractivity contribution in [3.8, 4) is 11.8 Å². The van der Waals surface area contributed by atoms with Crippen molar-refractivity contribution in [2.45, 2.75) is 44.9 Å². The Bertz CT molecular complexity index is 1120. The van der Waals surface area contributed by atoms with Gasteiger partial charge in [-0.1, -0.05) is 30.9 Å². The molecule has 0 N–H and O–H groups in total. The van der Waals surface area contributed by atoms with Crippen molar-refractivity contribution in [2.75, 3.05) is 0 Å². The molecule has 0 heterocycles. The van der Waals surface area contributed by atoms with E-state index in [-0.39, 0.29) is 22.8 Å². The minimum atomic E-state index is -0.865. The van der Waals surface area contributed by atoms with Crippen molar-refractivity contribution >= 4 is 10.8 Å². The first kappa shape index (κ1) is 20.5. The molecule has 0 aliphatic heterocycles. The zero-order chi connectivity index (χ0) is 21.3. The van der Waals surface area contributed by atoms with Crippen LogP contribution in [0.15, 0.2) is 42.5 Å². The van der Waals surface area contributed by atoms with Crippen LogP contribution in [0.4, 0.5) is 17.6 Å². The van der Waals surface area contributed by atoms with Crippen LogP contribution in [0.3, 0.4) is 0 Å². The molecule has 0 nitrogen and oxygen atoms in total. The highest BCUT2D eigenvalue weighted by molar-refractivity contribution is 5.84. The summed E-state index contributed by atoms with van der Waals surface area (Å²) in [4.78, 5) is 0. The molecule has 4 heteroatoms. The largest absolute Gasteiger partial charge is 0.207 e. The second kappa shape index (κ2) is 8.52. The number of aryl methyl sites for hydroxylation is 1. The predicted molar refractivity (Wildman–Crippen MR) is 111 cm³/mol. The van der Waals surface area contributed by atoms with Crippen LogP contribution in [-0.2, 0) is 6.42 Å². The Morgan fingerprint density at radius 1 is 0.833 bits per heavy atom. The van der Waals surface area contributed by atoms with Gasteiger partial charge in [0.15, 0.2) is 11.6 Å². The SMILES string of the molecule is CCc1cc(F)c(C2CCC(C#Cc3ccc4c(F)c(F)ccc4c3)CC2)c(F)c1. The molecule has 4 rings (SSSR count). The molecule has 1 aliphatic rings. The van der Waals surface area contributed by atoms with Gasteiger partial charge in [-0.15, -0.1) is 0 Å². The Balaban J connectivity index is 1.46. The van der Waals surface area contributed by atoms with Crippen molar-refractivity contribution in [1.29, 1.82) is 0 Å². The van der Waals surface area contributed by atoms with Crippen LogP contribution in [0.25, 0.3) is 10.8 Å². The number of rotatable bonds is 2. The van der Waals surface area contributed by atoms with E-state index in [1.807, 2.05) is 6.92 Å². The van der Waals surface area contributed by atoms with E-state index in [0.717, 1.165) is 24.5 Å². The molecule has 30 heavy (non-hydrogen) atoms. The molecular formula is C26H22F4. The van der Waals surface area contributed by atoms with Gasteiger partial charge in [0.2, 0.25) is 0 Å². The molecule has 0 aromatic heterocycles. The third-order valence-corrected chi connectivity index (χ3v) is 6.01. The maximum Gasteiger partial charge on any atom is 0.166 e. The van der Waals surface area contributed by atoms with Gasteiger partial charge in [0.25, 0.3) is 0 Å². The van der Waals surface area contributed by atoms with E-state index in [1.165, 1.54) is 18.2 Å². The first-order chi connectivity index (χ1) is 14.5. The van der Waals surface area contributed by atoms with E-state index in [0.29, 0.717) is 30.2 Å². The molecule has 0 saturated heterocycles. The van der Waals surface area contributed by atoms with Crippen LogP contribution in [0, 0.1) is 41.0 Å². The molecule has 1 aliphatic carbocycles. The van der Waals surface area contributed by atoms with Gasteiger partial charge in [-0.3, -0.25) is 0 Å². The van der Waals surface area contributed by atoms with Crippen LogP contribution in [-0.4, -0.2) is 0 Å². The number of fused-ring (bicyclic) bond motifs is 1. The summed E-state index contributed by atoms with van der Waals surface area (Å²) in [7, 11) is 0. The number of halogens is 4. The fourth-order valence-corrected chi connectivity index (χ4v) is 4.29. The third-order valence-electron chi connectivity index (χ3n) is 6.01. The average molecular weight is 410 g/mol. The third kappa shape index (κ3) is 4.07. The quantitative estimate of drug-likeness (QED) is 0.307. The van der Waals surface area contributed by atoms with E-state index >= 15 is 0 Å². The van der Waals surface area contributed by atoms with Gasteiger partial charge in [0.05, 0.1) is 0 Å². The van der Waals surface area contributed by atoms with E-state index < -0.39 is 23.3 Å². The van der Waals surface area contributed by atoms with Crippen molar-refractivity contribution in [3.63, 3.8) is 0 Å². The molecule has 154 valence electrons. The summed E-state index contributed by atoms with van der Waals surface area (Å²) in [6, 6.07) is 10.5. The Labute approximate surface area is 173 Å². The minimum Gasteiger partial charge on any atom is -0.207 e. The minimum absolute atomic E-state index is 0.118. The van der Waals surface area contributed by atoms with E-state index in [9.17, 15) is 17.6 Å². The molecule has 0 amide bonds. The smallest absolute Gasteiger partial charge is 0.166 e.